The Morgan fingerprint density at radius 2 is 1.77 bits per heavy atom. The minimum atomic E-state index is 0.641. The van der Waals surface area contributed by atoms with Crippen LogP contribution in [0.3, 0.4) is 0 Å². The number of thiophene rings is 1. The van der Waals surface area contributed by atoms with Crippen molar-refractivity contribution in [3.8, 4) is 17.3 Å². The summed E-state index contributed by atoms with van der Waals surface area (Å²) in [5, 5.41) is 1.14. The van der Waals surface area contributed by atoms with Gasteiger partial charge in [-0.3, -0.25) is 4.98 Å². The number of ether oxygens (including phenoxy) is 1. The van der Waals surface area contributed by atoms with Gasteiger partial charge in [0.25, 0.3) is 0 Å². The van der Waals surface area contributed by atoms with Crippen LogP contribution in [0.15, 0.2) is 53.3 Å². The quantitative estimate of drug-likeness (QED) is 0.300. The van der Waals surface area contributed by atoms with E-state index in [4.69, 9.17) is 14.7 Å². The highest BCUT2D eigenvalue weighted by Gasteiger charge is 2.22. The van der Waals surface area contributed by atoms with Crippen LogP contribution in [-0.4, -0.2) is 21.6 Å². The molecule has 3 heterocycles. The number of fused-ring (bicyclic) bond motifs is 3. The van der Waals surface area contributed by atoms with Gasteiger partial charge in [-0.1, -0.05) is 28.1 Å². The maximum atomic E-state index is 6.28. The summed E-state index contributed by atoms with van der Waals surface area (Å²) < 4.78 is 7.39. The van der Waals surface area contributed by atoms with Crippen molar-refractivity contribution in [2.45, 2.75) is 38.5 Å². The minimum Gasteiger partial charge on any atom is -0.477 e. The molecule has 5 rings (SSSR count). The van der Waals surface area contributed by atoms with E-state index in [1.165, 1.54) is 28.8 Å². The van der Waals surface area contributed by atoms with E-state index in [1.807, 2.05) is 23.5 Å². The number of halogens is 1. The Morgan fingerprint density at radius 1 is 0.967 bits per heavy atom. The molecule has 0 amide bonds. The molecule has 0 fully saturated rings. The van der Waals surface area contributed by atoms with Crippen molar-refractivity contribution in [3.63, 3.8) is 0 Å². The van der Waals surface area contributed by atoms with Crippen LogP contribution in [0.1, 0.15) is 35.3 Å². The molecule has 6 heteroatoms. The first-order valence-electron chi connectivity index (χ1n) is 10.4. The number of aryl methyl sites for hydroxylation is 3. The molecule has 0 radical (unpaired) electrons. The molecule has 0 bridgehead atoms. The summed E-state index contributed by atoms with van der Waals surface area (Å²) in [6, 6.07) is 12.4. The first kappa shape index (κ1) is 19.6. The molecule has 4 nitrogen and oxygen atoms in total. The van der Waals surface area contributed by atoms with Gasteiger partial charge in [-0.2, -0.15) is 4.98 Å². The molecule has 152 valence electrons. The summed E-state index contributed by atoms with van der Waals surface area (Å²) >= 11 is 5.30. The van der Waals surface area contributed by atoms with Gasteiger partial charge in [-0.15, -0.1) is 11.3 Å². The summed E-state index contributed by atoms with van der Waals surface area (Å²) in [7, 11) is 0. The molecule has 1 aliphatic rings. The van der Waals surface area contributed by atoms with Crippen LogP contribution < -0.4 is 4.74 Å². The van der Waals surface area contributed by atoms with Gasteiger partial charge in [0.05, 0.1) is 12.0 Å². The van der Waals surface area contributed by atoms with E-state index in [1.54, 1.807) is 12.4 Å². The first-order valence-corrected chi connectivity index (χ1v) is 12.0. The number of pyridine rings is 1. The lowest BCUT2D eigenvalue weighted by atomic mass is 9.97. The van der Waals surface area contributed by atoms with Crippen molar-refractivity contribution in [2.75, 3.05) is 6.61 Å². The van der Waals surface area contributed by atoms with Crippen molar-refractivity contribution in [3.05, 3.63) is 69.3 Å². The fraction of sp³-hybridized carbons (Fsp3) is 0.292. The van der Waals surface area contributed by atoms with Crippen molar-refractivity contribution in [1.29, 1.82) is 0 Å². The molecule has 1 aliphatic carbocycles. The average molecular weight is 480 g/mol. The average Bonchev–Trinajstić information content (AvgIpc) is 3.17. The lowest BCUT2D eigenvalue weighted by molar-refractivity contribution is 0.303. The highest BCUT2D eigenvalue weighted by molar-refractivity contribution is 9.10. The van der Waals surface area contributed by atoms with E-state index < -0.39 is 0 Å². The van der Waals surface area contributed by atoms with E-state index in [2.05, 4.69) is 45.2 Å². The van der Waals surface area contributed by atoms with Crippen molar-refractivity contribution >= 4 is 37.5 Å². The van der Waals surface area contributed by atoms with Crippen LogP contribution in [0.2, 0.25) is 0 Å². The van der Waals surface area contributed by atoms with Crippen LogP contribution in [0, 0.1) is 0 Å². The molecule has 0 N–H and O–H groups in total. The van der Waals surface area contributed by atoms with E-state index >= 15 is 0 Å². The van der Waals surface area contributed by atoms with Gasteiger partial charge >= 0.3 is 0 Å². The number of nitrogens with zero attached hydrogens (tertiary/aromatic N) is 3. The van der Waals surface area contributed by atoms with Gasteiger partial charge in [-0.05, 0) is 73.9 Å². The molecule has 4 aromatic rings. The fourth-order valence-electron chi connectivity index (χ4n) is 3.95. The van der Waals surface area contributed by atoms with Crippen molar-refractivity contribution in [1.82, 2.24) is 15.0 Å². The lowest BCUT2D eigenvalue weighted by Gasteiger charge is -2.13. The van der Waals surface area contributed by atoms with Crippen LogP contribution in [-0.2, 0) is 19.3 Å². The predicted octanol–water partition coefficient (Wildman–Crippen LogP) is 6.41. The highest BCUT2D eigenvalue weighted by atomic mass is 79.9. The molecular formula is C24H22BrN3OS. The molecule has 0 spiro atoms. The van der Waals surface area contributed by atoms with E-state index in [0.717, 1.165) is 51.8 Å². The number of rotatable bonds is 6. The zero-order valence-electron chi connectivity index (χ0n) is 16.6. The van der Waals surface area contributed by atoms with E-state index in [-0.39, 0.29) is 0 Å². The van der Waals surface area contributed by atoms with Gasteiger partial charge < -0.3 is 4.74 Å². The van der Waals surface area contributed by atoms with E-state index in [9.17, 15) is 0 Å². The Bertz CT molecular complexity index is 1160. The fourth-order valence-corrected chi connectivity index (χ4v) is 5.47. The number of hydrogen-bond donors (Lipinski definition) is 0. The summed E-state index contributed by atoms with van der Waals surface area (Å²) in [5.41, 5.74) is 3.70. The second-order valence-corrected chi connectivity index (χ2v) is 9.56. The summed E-state index contributed by atoms with van der Waals surface area (Å²) in [5.74, 6) is 1.45. The molecule has 0 atom stereocenters. The normalized spacial score (nSPS) is 13.4. The Hall–Kier alpha value is -2.31. The maximum Gasteiger partial charge on any atom is 0.226 e. The lowest BCUT2D eigenvalue weighted by Crippen LogP contribution is -2.05. The summed E-state index contributed by atoms with van der Waals surface area (Å²) in [4.78, 5) is 16.4. The van der Waals surface area contributed by atoms with Crippen LogP contribution in [0.25, 0.3) is 21.6 Å². The molecule has 3 aromatic heterocycles. The first-order chi connectivity index (χ1) is 14.8. The Labute approximate surface area is 188 Å². The van der Waals surface area contributed by atoms with Gasteiger partial charge in [0.2, 0.25) is 5.88 Å². The maximum absolute atomic E-state index is 6.28. The number of benzene rings is 1. The highest BCUT2D eigenvalue weighted by Crippen LogP contribution is 2.40. The monoisotopic (exact) mass is 479 g/mol. The number of hydrogen-bond acceptors (Lipinski definition) is 5. The van der Waals surface area contributed by atoms with Gasteiger partial charge in [0.1, 0.15) is 4.83 Å². The third-order valence-electron chi connectivity index (χ3n) is 5.48. The third-order valence-corrected chi connectivity index (χ3v) is 7.20. The Morgan fingerprint density at radius 3 is 2.60 bits per heavy atom. The SMILES string of the molecule is Brc1ccc(CCCOc2nc(-c3ccncc3)nc3sc4c(c23)CCCC4)cc1. The predicted molar refractivity (Wildman–Crippen MR) is 125 cm³/mol. The molecule has 0 saturated heterocycles. The second kappa shape index (κ2) is 8.82. The van der Waals surface area contributed by atoms with Gasteiger partial charge in [0.15, 0.2) is 5.82 Å². The second-order valence-electron chi connectivity index (χ2n) is 7.56. The summed E-state index contributed by atoms with van der Waals surface area (Å²) in [6.45, 7) is 0.641. The Kier molecular flexibility index (Phi) is 5.77. The van der Waals surface area contributed by atoms with Gasteiger partial charge in [-0.25, -0.2) is 4.98 Å². The minimum absolute atomic E-state index is 0.641. The third kappa shape index (κ3) is 4.12. The zero-order valence-corrected chi connectivity index (χ0v) is 19.0. The molecule has 30 heavy (non-hydrogen) atoms. The topological polar surface area (TPSA) is 47.9 Å². The largest absolute Gasteiger partial charge is 0.477 e. The van der Waals surface area contributed by atoms with Crippen molar-refractivity contribution < 1.29 is 4.74 Å². The zero-order chi connectivity index (χ0) is 20.3. The van der Waals surface area contributed by atoms with Crippen LogP contribution >= 0.6 is 27.3 Å². The van der Waals surface area contributed by atoms with E-state index in [0.29, 0.717) is 12.4 Å². The van der Waals surface area contributed by atoms with Crippen LogP contribution in [0.4, 0.5) is 0 Å². The van der Waals surface area contributed by atoms with Crippen molar-refractivity contribution in [2.24, 2.45) is 0 Å². The summed E-state index contributed by atoms with van der Waals surface area (Å²) in [6.07, 6.45) is 10.2. The Balaban J connectivity index is 1.42. The molecule has 0 saturated carbocycles. The van der Waals surface area contributed by atoms with Gasteiger partial charge in [0, 0.05) is 27.3 Å². The molecular weight excluding hydrogens is 458 g/mol. The molecule has 0 aliphatic heterocycles. The number of aromatic nitrogens is 3. The smallest absolute Gasteiger partial charge is 0.226 e. The van der Waals surface area contributed by atoms with Crippen LogP contribution in [0.5, 0.6) is 5.88 Å². The molecule has 1 aromatic carbocycles. The molecule has 0 unspecified atom stereocenters. The standard InChI is InChI=1S/C24H22BrN3OS/c25-18-9-7-16(8-10-18)4-3-15-29-23-21-19-5-1-2-6-20(19)30-24(21)28-22(27-23)17-11-13-26-14-12-17/h7-14H,1-6,15H2.